The fraction of sp³-hybridized carbons (Fsp3) is 0.258. The third-order valence-electron chi connectivity index (χ3n) is 6.56. The Hall–Kier alpha value is -3.80. The molecule has 0 spiro atoms. The summed E-state index contributed by atoms with van der Waals surface area (Å²) < 4.78 is 18.0. The normalized spacial score (nSPS) is 16.2. The molecule has 11 heteroatoms. The monoisotopic (exact) mass is 651 g/mol. The molecule has 3 amide bonds. The van der Waals surface area contributed by atoms with Gasteiger partial charge in [0.1, 0.15) is 13.2 Å². The van der Waals surface area contributed by atoms with E-state index < -0.39 is 17.1 Å². The number of anilines is 2. The van der Waals surface area contributed by atoms with Crippen molar-refractivity contribution in [1.82, 2.24) is 4.90 Å². The minimum atomic E-state index is -0.528. The summed E-state index contributed by atoms with van der Waals surface area (Å²) in [6, 6.07) is 20.8. The van der Waals surface area contributed by atoms with Crippen LogP contribution in [0.5, 0.6) is 11.5 Å². The highest BCUT2D eigenvalue weighted by Gasteiger charge is 2.36. The number of imide groups is 1. The average Bonchev–Trinajstić information content (AvgIpc) is 3.25. The molecule has 218 valence electrons. The first-order valence-corrected chi connectivity index (χ1v) is 15.1. The van der Waals surface area contributed by atoms with Crippen LogP contribution in [0.3, 0.4) is 0 Å². The number of halogens is 1. The Balaban J connectivity index is 1.28. The second-order valence-electron chi connectivity index (χ2n) is 9.47. The molecule has 1 N–H and O–H groups in total. The molecule has 9 nitrogen and oxygen atoms in total. The Bertz CT molecular complexity index is 1490. The van der Waals surface area contributed by atoms with Gasteiger partial charge in [0, 0.05) is 13.1 Å². The lowest BCUT2D eigenvalue weighted by molar-refractivity contribution is -0.127. The van der Waals surface area contributed by atoms with Gasteiger partial charge in [-0.1, -0.05) is 42.5 Å². The van der Waals surface area contributed by atoms with Gasteiger partial charge in [0.05, 0.1) is 40.6 Å². The number of rotatable bonds is 10. The van der Waals surface area contributed by atoms with Crippen LogP contribution >= 0.6 is 27.7 Å². The van der Waals surface area contributed by atoms with Crippen LogP contribution in [0.1, 0.15) is 18.1 Å². The average molecular weight is 653 g/mol. The molecule has 2 saturated heterocycles. The minimum absolute atomic E-state index is 0.216. The number of thioether (sulfide) groups is 1. The summed E-state index contributed by atoms with van der Waals surface area (Å²) in [6.07, 6.45) is 1.62. The summed E-state index contributed by atoms with van der Waals surface area (Å²) in [5.41, 5.74) is 3.15. The molecule has 5 rings (SSSR count). The maximum Gasteiger partial charge on any atom is 0.294 e. The molecule has 0 atom stereocenters. The first-order chi connectivity index (χ1) is 20.4. The lowest BCUT2D eigenvalue weighted by Gasteiger charge is -2.30. The number of carbonyl (C=O) groups is 3. The van der Waals surface area contributed by atoms with Gasteiger partial charge in [0.25, 0.3) is 11.1 Å². The molecule has 2 fully saturated rings. The molecule has 0 radical (unpaired) electrons. The first-order valence-electron chi connectivity index (χ1n) is 13.5. The van der Waals surface area contributed by atoms with E-state index in [0.717, 1.165) is 27.9 Å². The number of morpholine rings is 1. The van der Waals surface area contributed by atoms with E-state index in [0.29, 0.717) is 66.7 Å². The summed E-state index contributed by atoms with van der Waals surface area (Å²) >= 11 is 4.36. The number of amides is 3. The Morgan fingerprint density at radius 1 is 1.05 bits per heavy atom. The van der Waals surface area contributed by atoms with Gasteiger partial charge in [-0.2, -0.15) is 0 Å². The molecule has 3 aromatic carbocycles. The molecule has 42 heavy (non-hydrogen) atoms. The summed E-state index contributed by atoms with van der Waals surface area (Å²) in [5.74, 6) is 0.0623. The van der Waals surface area contributed by atoms with Gasteiger partial charge in [-0.3, -0.25) is 19.3 Å². The zero-order chi connectivity index (χ0) is 29.5. The van der Waals surface area contributed by atoms with Crippen molar-refractivity contribution in [3.05, 3.63) is 87.2 Å². The van der Waals surface area contributed by atoms with Crippen LogP contribution in [0.25, 0.3) is 6.08 Å². The van der Waals surface area contributed by atoms with E-state index in [9.17, 15) is 14.4 Å². The van der Waals surface area contributed by atoms with E-state index in [1.165, 1.54) is 0 Å². The zero-order valence-electron chi connectivity index (χ0n) is 23.0. The van der Waals surface area contributed by atoms with Crippen molar-refractivity contribution in [2.24, 2.45) is 0 Å². The second-order valence-corrected chi connectivity index (χ2v) is 11.3. The van der Waals surface area contributed by atoms with E-state index in [-0.39, 0.29) is 11.4 Å². The van der Waals surface area contributed by atoms with Crippen molar-refractivity contribution in [2.45, 2.75) is 13.5 Å². The van der Waals surface area contributed by atoms with Crippen LogP contribution in [0.4, 0.5) is 16.2 Å². The summed E-state index contributed by atoms with van der Waals surface area (Å²) in [6.45, 7) is 4.89. The molecular weight excluding hydrogens is 622 g/mol. The second kappa shape index (κ2) is 13.9. The smallest absolute Gasteiger partial charge is 0.294 e. The molecule has 0 aromatic heterocycles. The number of benzene rings is 3. The van der Waals surface area contributed by atoms with E-state index >= 15 is 0 Å². The van der Waals surface area contributed by atoms with Crippen molar-refractivity contribution in [2.75, 3.05) is 49.7 Å². The SMILES string of the molecule is CCOc1cc(/C=C2/SC(=O)N(CC(=O)Nc3ccccc3N3CCOCC3)C2=O)cc(Br)c1OCc1ccccc1. The maximum atomic E-state index is 13.2. The summed E-state index contributed by atoms with van der Waals surface area (Å²) in [7, 11) is 0. The van der Waals surface area contributed by atoms with Crippen LogP contribution < -0.4 is 19.7 Å². The van der Waals surface area contributed by atoms with Gasteiger partial charge in [-0.25, -0.2) is 0 Å². The van der Waals surface area contributed by atoms with E-state index in [4.69, 9.17) is 14.2 Å². The molecule has 0 saturated carbocycles. The van der Waals surface area contributed by atoms with E-state index in [2.05, 4.69) is 26.1 Å². The van der Waals surface area contributed by atoms with Gasteiger partial charge in [0.2, 0.25) is 5.91 Å². The Kier molecular flexibility index (Phi) is 9.83. The van der Waals surface area contributed by atoms with Crippen molar-refractivity contribution >= 4 is 62.2 Å². The van der Waals surface area contributed by atoms with Crippen molar-refractivity contribution in [1.29, 1.82) is 0 Å². The van der Waals surface area contributed by atoms with Crippen molar-refractivity contribution in [3.63, 3.8) is 0 Å². The molecule has 0 bridgehead atoms. The zero-order valence-corrected chi connectivity index (χ0v) is 25.4. The van der Waals surface area contributed by atoms with Gasteiger partial charge in [0.15, 0.2) is 11.5 Å². The predicted octanol–water partition coefficient (Wildman–Crippen LogP) is 5.94. The van der Waals surface area contributed by atoms with Crippen LogP contribution in [0.2, 0.25) is 0 Å². The molecule has 2 heterocycles. The summed E-state index contributed by atoms with van der Waals surface area (Å²) in [4.78, 5) is 42.2. The number of ether oxygens (including phenoxy) is 3. The quantitative estimate of drug-likeness (QED) is 0.269. The molecular formula is C31H30BrN3O6S. The largest absolute Gasteiger partial charge is 0.490 e. The van der Waals surface area contributed by atoms with Gasteiger partial charge in [-0.05, 0) is 76.1 Å². The first kappa shape index (κ1) is 29.7. The molecule has 2 aliphatic heterocycles. The topological polar surface area (TPSA) is 97.4 Å². The lowest BCUT2D eigenvalue weighted by Crippen LogP contribution is -2.38. The number of nitrogens with one attached hydrogen (secondary N) is 1. The van der Waals surface area contributed by atoms with E-state index in [1.807, 2.05) is 55.5 Å². The third-order valence-corrected chi connectivity index (χ3v) is 8.06. The van der Waals surface area contributed by atoms with Crippen molar-refractivity contribution < 1.29 is 28.6 Å². The molecule has 0 unspecified atom stereocenters. The fourth-order valence-electron chi connectivity index (χ4n) is 4.58. The van der Waals surface area contributed by atoms with Gasteiger partial charge < -0.3 is 24.4 Å². The van der Waals surface area contributed by atoms with Gasteiger partial charge >= 0.3 is 0 Å². The highest BCUT2D eigenvalue weighted by atomic mass is 79.9. The Morgan fingerprint density at radius 2 is 1.79 bits per heavy atom. The van der Waals surface area contributed by atoms with Crippen LogP contribution in [-0.4, -0.2) is 61.4 Å². The highest BCUT2D eigenvalue weighted by molar-refractivity contribution is 9.10. The highest BCUT2D eigenvalue weighted by Crippen LogP contribution is 2.40. The lowest BCUT2D eigenvalue weighted by atomic mass is 10.1. The standard InChI is InChI=1S/C31H30BrN3O6S/c1-2-40-26-17-22(16-23(32)29(26)41-20-21-8-4-3-5-9-21)18-27-30(37)35(31(38)42-27)19-28(36)33-24-10-6-7-11-25(24)34-12-14-39-15-13-34/h3-11,16-18H,2,12-15,19-20H2,1H3,(H,33,36)/b27-18+. The number of nitrogens with zero attached hydrogens (tertiary/aromatic N) is 2. The van der Waals surface area contributed by atoms with Crippen molar-refractivity contribution in [3.8, 4) is 11.5 Å². The number of hydrogen-bond donors (Lipinski definition) is 1. The Labute approximate surface area is 256 Å². The Morgan fingerprint density at radius 3 is 2.55 bits per heavy atom. The van der Waals surface area contributed by atoms with Crippen LogP contribution in [-0.2, 0) is 20.9 Å². The number of carbonyl (C=O) groups excluding carboxylic acids is 3. The number of hydrogen-bond acceptors (Lipinski definition) is 8. The molecule has 0 aliphatic carbocycles. The molecule has 2 aliphatic rings. The third kappa shape index (κ3) is 7.15. The number of para-hydroxylation sites is 2. The van der Waals surface area contributed by atoms with E-state index in [1.54, 1.807) is 24.3 Å². The predicted molar refractivity (Wildman–Crippen MR) is 167 cm³/mol. The maximum absolute atomic E-state index is 13.2. The fourth-order valence-corrected chi connectivity index (χ4v) is 6.00. The van der Waals surface area contributed by atoms with Crippen LogP contribution in [0, 0.1) is 0 Å². The minimum Gasteiger partial charge on any atom is -0.490 e. The van der Waals surface area contributed by atoms with Crippen LogP contribution in [0.15, 0.2) is 76.1 Å². The summed E-state index contributed by atoms with van der Waals surface area (Å²) in [5, 5.41) is 2.36. The van der Waals surface area contributed by atoms with Gasteiger partial charge in [-0.15, -0.1) is 0 Å². The molecule has 3 aromatic rings.